The fourth-order valence-electron chi connectivity index (χ4n) is 1.54. The molecule has 0 fully saturated rings. The van der Waals surface area contributed by atoms with E-state index in [1.807, 2.05) is 39.8 Å². The van der Waals surface area contributed by atoms with E-state index in [4.69, 9.17) is 21.1 Å². The van der Waals surface area contributed by atoms with Crippen molar-refractivity contribution in [2.24, 2.45) is 5.41 Å². The fraction of sp³-hybridized carbons (Fsp3) is 0.444. The molecule has 0 radical (unpaired) electrons. The zero-order chi connectivity index (χ0) is 17.5. The third-order valence-electron chi connectivity index (χ3n) is 3.61. The molecule has 0 aliphatic heterocycles. The molecule has 0 atom stereocenters. The van der Waals surface area contributed by atoms with Gasteiger partial charge < -0.3 is 9.47 Å². The fourth-order valence-corrected chi connectivity index (χ4v) is 1.73. The Morgan fingerprint density at radius 3 is 2.48 bits per heavy atom. The molecule has 0 amide bonds. The van der Waals surface area contributed by atoms with Crippen LogP contribution in [0.4, 0.5) is 0 Å². The molecular formula is C18H23ClO4. The van der Waals surface area contributed by atoms with Crippen molar-refractivity contribution >= 4 is 29.6 Å². The molecule has 0 bridgehead atoms. The molecule has 0 heterocycles. The Hall–Kier alpha value is -1.81. The molecule has 1 rings (SSSR count). The van der Waals surface area contributed by atoms with Crippen molar-refractivity contribution in [1.82, 2.24) is 0 Å². The highest BCUT2D eigenvalue weighted by Crippen LogP contribution is 2.21. The third-order valence-corrected chi connectivity index (χ3v) is 4.01. The number of hydrogen-bond acceptors (Lipinski definition) is 4. The lowest BCUT2D eigenvalue weighted by atomic mass is 9.91. The molecule has 5 heteroatoms. The molecule has 0 saturated heterocycles. The Morgan fingerprint density at radius 1 is 1.22 bits per heavy atom. The van der Waals surface area contributed by atoms with Gasteiger partial charge in [0.25, 0.3) is 0 Å². The smallest absolute Gasteiger partial charge is 0.330 e. The molecule has 0 spiro atoms. The van der Waals surface area contributed by atoms with Gasteiger partial charge in [0, 0.05) is 11.1 Å². The summed E-state index contributed by atoms with van der Waals surface area (Å²) in [5, 5.41) is 0.644. The zero-order valence-corrected chi connectivity index (χ0v) is 14.8. The number of carbonyl (C=O) groups excluding carboxylic acids is 2. The summed E-state index contributed by atoms with van der Waals surface area (Å²) in [6.07, 6.45) is 3.63. The van der Waals surface area contributed by atoms with E-state index in [-0.39, 0.29) is 19.2 Å². The van der Waals surface area contributed by atoms with Crippen molar-refractivity contribution < 1.29 is 19.1 Å². The number of halogens is 1. The molecule has 0 aliphatic rings. The van der Waals surface area contributed by atoms with Crippen LogP contribution in [-0.2, 0) is 19.1 Å². The highest BCUT2D eigenvalue weighted by molar-refractivity contribution is 6.31. The number of aryl methyl sites for hydroxylation is 1. The number of carbonyl (C=O) groups is 2. The second-order valence-corrected chi connectivity index (χ2v) is 6.29. The summed E-state index contributed by atoms with van der Waals surface area (Å²) in [5.41, 5.74) is 1.27. The van der Waals surface area contributed by atoms with E-state index in [1.54, 1.807) is 12.1 Å². The van der Waals surface area contributed by atoms with Gasteiger partial charge in [-0.1, -0.05) is 30.7 Å². The minimum Gasteiger partial charge on any atom is -0.462 e. The Balaban J connectivity index is 2.36. The number of hydrogen-bond donors (Lipinski definition) is 0. The maximum absolute atomic E-state index is 11.7. The van der Waals surface area contributed by atoms with E-state index in [0.29, 0.717) is 11.4 Å². The highest BCUT2D eigenvalue weighted by Gasteiger charge is 2.26. The monoisotopic (exact) mass is 338 g/mol. The van der Waals surface area contributed by atoms with Crippen molar-refractivity contribution in [1.29, 1.82) is 0 Å². The zero-order valence-electron chi connectivity index (χ0n) is 14.0. The molecule has 0 aromatic heterocycles. The maximum Gasteiger partial charge on any atom is 0.330 e. The Kier molecular flexibility index (Phi) is 7.30. The highest BCUT2D eigenvalue weighted by atomic mass is 35.5. The molecule has 0 aliphatic carbocycles. The van der Waals surface area contributed by atoms with Gasteiger partial charge in [0.05, 0.1) is 5.41 Å². The van der Waals surface area contributed by atoms with Gasteiger partial charge in [0.2, 0.25) is 0 Å². The van der Waals surface area contributed by atoms with E-state index >= 15 is 0 Å². The normalized spacial score (nSPS) is 11.5. The topological polar surface area (TPSA) is 52.6 Å². The van der Waals surface area contributed by atoms with Crippen LogP contribution in [0.25, 0.3) is 6.08 Å². The van der Waals surface area contributed by atoms with Crippen LogP contribution >= 0.6 is 11.6 Å². The van der Waals surface area contributed by atoms with E-state index in [1.165, 1.54) is 6.08 Å². The van der Waals surface area contributed by atoms with Crippen LogP contribution in [0.2, 0.25) is 5.02 Å². The lowest BCUT2D eigenvalue weighted by Crippen LogP contribution is -2.27. The van der Waals surface area contributed by atoms with Crippen LogP contribution in [0.5, 0.6) is 0 Å². The van der Waals surface area contributed by atoms with E-state index < -0.39 is 11.4 Å². The van der Waals surface area contributed by atoms with Gasteiger partial charge in [-0.15, -0.1) is 0 Å². The van der Waals surface area contributed by atoms with E-state index in [9.17, 15) is 9.59 Å². The molecular weight excluding hydrogens is 316 g/mol. The van der Waals surface area contributed by atoms with Gasteiger partial charge in [0.1, 0.15) is 13.2 Å². The van der Waals surface area contributed by atoms with Crippen LogP contribution in [0.1, 0.15) is 38.3 Å². The van der Waals surface area contributed by atoms with Gasteiger partial charge in [-0.05, 0) is 50.5 Å². The van der Waals surface area contributed by atoms with Gasteiger partial charge >= 0.3 is 11.9 Å². The SMILES string of the molecule is CCC(C)(C)C(=O)OCCOC(=O)/C=C/c1ccc(C)c(Cl)c1. The second kappa shape index (κ2) is 8.73. The third kappa shape index (κ3) is 6.45. The number of esters is 2. The first-order chi connectivity index (χ1) is 10.8. The summed E-state index contributed by atoms with van der Waals surface area (Å²) in [6.45, 7) is 7.55. The first-order valence-electron chi connectivity index (χ1n) is 7.54. The molecule has 126 valence electrons. The van der Waals surface area contributed by atoms with Crippen LogP contribution in [0, 0.1) is 12.3 Å². The average molecular weight is 339 g/mol. The molecule has 0 saturated carbocycles. The second-order valence-electron chi connectivity index (χ2n) is 5.88. The summed E-state index contributed by atoms with van der Waals surface area (Å²) in [7, 11) is 0. The predicted octanol–water partition coefficient (Wildman–Crippen LogP) is 4.18. The average Bonchev–Trinajstić information content (AvgIpc) is 2.52. The van der Waals surface area contributed by atoms with Crippen molar-refractivity contribution in [3.8, 4) is 0 Å². The quantitative estimate of drug-likeness (QED) is 0.425. The van der Waals surface area contributed by atoms with Gasteiger partial charge in [-0.2, -0.15) is 0 Å². The van der Waals surface area contributed by atoms with Crippen LogP contribution in [-0.4, -0.2) is 25.2 Å². The van der Waals surface area contributed by atoms with Crippen molar-refractivity contribution in [3.63, 3.8) is 0 Å². The maximum atomic E-state index is 11.7. The van der Waals surface area contributed by atoms with Crippen molar-refractivity contribution in [3.05, 3.63) is 40.4 Å². The molecule has 1 aromatic carbocycles. The predicted molar refractivity (Wildman–Crippen MR) is 91.2 cm³/mol. The van der Waals surface area contributed by atoms with Crippen LogP contribution in [0.15, 0.2) is 24.3 Å². The summed E-state index contributed by atoms with van der Waals surface area (Å²) in [6, 6.07) is 5.51. The molecule has 23 heavy (non-hydrogen) atoms. The molecule has 0 unspecified atom stereocenters. The van der Waals surface area contributed by atoms with Crippen molar-refractivity contribution in [2.45, 2.75) is 34.1 Å². The molecule has 1 aromatic rings. The first-order valence-corrected chi connectivity index (χ1v) is 7.92. The standard InChI is InChI=1S/C18H23ClO4/c1-5-18(3,4)17(21)23-11-10-22-16(20)9-8-14-7-6-13(2)15(19)12-14/h6-9,12H,5,10-11H2,1-4H3/b9-8+. The molecule has 4 nitrogen and oxygen atoms in total. The lowest BCUT2D eigenvalue weighted by molar-refractivity contribution is -0.157. The number of rotatable bonds is 7. The summed E-state index contributed by atoms with van der Waals surface area (Å²) in [5.74, 6) is -0.784. The Bertz CT molecular complexity index is 591. The minimum atomic E-state index is -0.519. The van der Waals surface area contributed by atoms with Gasteiger partial charge in [-0.25, -0.2) is 4.79 Å². The first kappa shape index (κ1) is 19.2. The summed E-state index contributed by atoms with van der Waals surface area (Å²) < 4.78 is 10.1. The largest absolute Gasteiger partial charge is 0.462 e. The Morgan fingerprint density at radius 2 is 1.87 bits per heavy atom. The van der Waals surface area contributed by atoms with E-state index in [2.05, 4.69) is 0 Å². The lowest BCUT2D eigenvalue weighted by Gasteiger charge is -2.20. The minimum absolute atomic E-state index is 0.0311. The number of benzene rings is 1. The summed E-state index contributed by atoms with van der Waals surface area (Å²) in [4.78, 5) is 23.3. The summed E-state index contributed by atoms with van der Waals surface area (Å²) >= 11 is 6.01. The Labute approximate surface area is 142 Å². The van der Waals surface area contributed by atoms with E-state index in [0.717, 1.165) is 11.1 Å². The van der Waals surface area contributed by atoms with Crippen LogP contribution in [0.3, 0.4) is 0 Å². The van der Waals surface area contributed by atoms with Crippen LogP contribution < -0.4 is 0 Å². The van der Waals surface area contributed by atoms with Gasteiger partial charge in [-0.3, -0.25) is 4.79 Å². The van der Waals surface area contributed by atoms with Crippen molar-refractivity contribution in [2.75, 3.05) is 13.2 Å². The van der Waals surface area contributed by atoms with Gasteiger partial charge in [0.15, 0.2) is 0 Å². The number of ether oxygens (including phenoxy) is 2. The molecule has 0 N–H and O–H groups in total.